The van der Waals surface area contributed by atoms with Crippen molar-refractivity contribution in [3.05, 3.63) is 0 Å². The van der Waals surface area contributed by atoms with Gasteiger partial charge in [-0.2, -0.15) is 0 Å². The first-order valence-corrected chi connectivity index (χ1v) is 7.66. The normalized spacial score (nSPS) is 20.4. The van der Waals surface area contributed by atoms with Gasteiger partial charge < -0.3 is 10.6 Å². The van der Waals surface area contributed by atoms with E-state index in [1.54, 1.807) is 0 Å². The Morgan fingerprint density at radius 2 is 1.88 bits per heavy atom. The van der Waals surface area contributed by atoms with Crippen LogP contribution in [0.15, 0.2) is 0 Å². The van der Waals surface area contributed by atoms with Crippen LogP contribution < -0.4 is 5.73 Å². The molecule has 1 saturated heterocycles. The second-order valence-corrected chi connectivity index (χ2v) is 7.57. The molecule has 1 aliphatic heterocycles. The average molecular weight is 260 g/mol. The molecule has 0 aromatic carbocycles. The summed E-state index contributed by atoms with van der Waals surface area (Å²) >= 11 is 0. The second kappa shape index (κ2) is 5.96. The Bertz CT molecular complexity index is 289. The van der Waals surface area contributed by atoms with Crippen molar-refractivity contribution in [1.82, 2.24) is 4.90 Å². The van der Waals surface area contributed by atoms with E-state index in [0.29, 0.717) is 31.1 Å². The Kier molecular flexibility index (Phi) is 5.13. The Morgan fingerprint density at radius 3 is 2.29 bits per heavy atom. The van der Waals surface area contributed by atoms with Crippen LogP contribution in [0.3, 0.4) is 0 Å². The first kappa shape index (κ1) is 14.6. The summed E-state index contributed by atoms with van der Waals surface area (Å²) in [5, 5.41) is 0. The summed E-state index contributed by atoms with van der Waals surface area (Å²) in [6.45, 7) is 7.99. The molecule has 100 valence electrons. The van der Waals surface area contributed by atoms with E-state index in [2.05, 4.69) is 20.8 Å². The van der Waals surface area contributed by atoms with Crippen molar-refractivity contribution in [2.75, 3.05) is 31.1 Å². The predicted molar refractivity (Wildman–Crippen MR) is 71.1 cm³/mol. The number of carbonyl (C=O) groups is 1. The fourth-order valence-electron chi connectivity index (χ4n) is 2.13. The molecule has 1 fully saturated rings. The Balaban J connectivity index is 2.57. The lowest BCUT2D eigenvalue weighted by Crippen LogP contribution is -2.46. The number of hydrogen-bond donors (Lipinski definition) is 1. The van der Waals surface area contributed by atoms with E-state index in [9.17, 15) is 9.00 Å². The zero-order valence-electron chi connectivity index (χ0n) is 11.1. The molecule has 5 heteroatoms. The summed E-state index contributed by atoms with van der Waals surface area (Å²) in [4.78, 5) is 14.1. The van der Waals surface area contributed by atoms with Gasteiger partial charge in [0.15, 0.2) is 0 Å². The van der Waals surface area contributed by atoms with Gasteiger partial charge in [-0.1, -0.05) is 20.8 Å². The summed E-state index contributed by atoms with van der Waals surface area (Å²) < 4.78 is 11.2. The van der Waals surface area contributed by atoms with E-state index >= 15 is 0 Å². The zero-order valence-corrected chi connectivity index (χ0v) is 11.9. The maximum absolute atomic E-state index is 12.3. The maximum Gasteiger partial charge on any atom is 0.227 e. The summed E-state index contributed by atoms with van der Waals surface area (Å²) in [5.41, 5.74) is 5.82. The minimum absolute atomic E-state index is 0.0958. The first-order chi connectivity index (χ1) is 7.83. The lowest BCUT2D eigenvalue weighted by atomic mass is 9.84. The average Bonchev–Trinajstić information content (AvgIpc) is 2.25. The van der Waals surface area contributed by atoms with Crippen LogP contribution in [0.1, 0.15) is 27.2 Å². The van der Waals surface area contributed by atoms with Gasteiger partial charge in [-0.3, -0.25) is 9.00 Å². The van der Waals surface area contributed by atoms with Gasteiger partial charge in [-0.15, -0.1) is 0 Å². The van der Waals surface area contributed by atoms with E-state index in [4.69, 9.17) is 5.73 Å². The molecule has 2 N–H and O–H groups in total. The van der Waals surface area contributed by atoms with Crippen LogP contribution in [0, 0.1) is 11.3 Å². The van der Waals surface area contributed by atoms with Crippen molar-refractivity contribution in [2.45, 2.75) is 27.2 Å². The molecule has 1 unspecified atom stereocenters. The molecule has 0 saturated carbocycles. The number of carbonyl (C=O) groups excluding carboxylic acids is 1. The molecule has 1 rings (SSSR count). The van der Waals surface area contributed by atoms with Gasteiger partial charge in [0.05, 0.1) is 5.92 Å². The highest BCUT2D eigenvalue weighted by atomic mass is 32.2. The van der Waals surface area contributed by atoms with Gasteiger partial charge in [0.1, 0.15) is 0 Å². The van der Waals surface area contributed by atoms with Crippen LogP contribution in [-0.2, 0) is 15.6 Å². The van der Waals surface area contributed by atoms with Crippen molar-refractivity contribution in [1.29, 1.82) is 0 Å². The molecular formula is C12H24N2O2S. The third-order valence-corrected chi connectivity index (χ3v) is 4.26. The van der Waals surface area contributed by atoms with Crippen molar-refractivity contribution in [3.8, 4) is 0 Å². The van der Waals surface area contributed by atoms with Gasteiger partial charge in [0, 0.05) is 41.9 Å². The number of rotatable bonds is 3. The van der Waals surface area contributed by atoms with Crippen LogP contribution in [-0.4, -0.2) is 46.2 Å². The van der Waals surface area contributed by atoms with Gasteiger partial charge in [0.25, 0.3) is 0 Å². The Morgan fingerprint density at radius 1 is 1.35 bits per heavy atom. The summed E-state index contributed by atoms with van der Waals surface area (Å²) in [7, 11) is -0.737. The molecule has 1 heterocycles. The van der Waals surface area contributed by atoms with Gasteiger partial charge in [-0.05, 0) is 11.8 Å². The van der Waals surface area contributed by atoms with E-state index in [1.807, 2.05) is 4.90 Å². The van der Waals surface area contributed by atoms with Crippen molar-refractivity contribution in [2.24, 2.45) is 17.1 Å². The molecule has 17 heavy (non-hydrogen) atoms. The largest absolute Gasteiger partial charge is 0.341 e. The molecule has 1 atom stereocenters. The Hall–Kier alpha value is -0.420. The van der Waals surface area contributed by atoms with Crippen LogP contribution in [0.4, 0.5) is 0 Å². The third-order valence-electron chi connectivity index (χ3n) is 2.98. The molecule has 4 nitrogen and oxygen atoms in total. The minimum atomic E-state index is -0.737. The van der Waals surface area contributed by atoms with Crippen LogP contribution in [0.25, 0.3) is 0 Å². The summed E-state index contributed by atoms with van der Waals surface area (Å²) in [5.74, 6) is 1.26. The van der Waals surface area contributed by atoms with Gasteiger partial charge in [-0.25, -0.2) is 0 Å². The number of nitrogens with two attached hydrogens (primary N) is 1. The zero-order chi connectivity index (χ0) is 13.1. The SMILES string of the molecule is CC(C)(C)CC(CN)C(=O)N1CCS(=O)CC1. The van der Waals surface area contributed by atoms with Crippen LogP contribution in [0.2, 0.25) is 0 Å². The maximum atomic E-state index is 12.3. The van der Waals surface area contributed by atoms with E-state index in [1.165, 1.54) is 0 Å². The van der Waals surface area contributed by atoms with Crippen molar-refractivity contribution < 1.29 is 9.00 Å². The molecule has 0 bridgehead atoms. The first-order valence-electron chi connectivity index (χ1n) is 6.17. The summed E-state index contributed by atoms with van der Waals surface area (Å²) in [6, 6.07) is 0. The van der Waals surface area contributed by atoms with E-state index in [0.717, 1.165) is 6.42 Å². The fraction of sp³-hybridized carbons (Fsp3) is 0.917. The molecule has 1 amide bonds. The van der Waals surface area contributed by atoms with Crippen LogP contribution >= 0.6 is 0 Å². The van der Waals surface area contributed by atoms with E-state index < -0.39 is 10.8 Å². The molecule has 1 aliphatic rings. The lowest BCUT2D eigenvalue weighted by molar-refractivity contribution is -0.135. The Labute approximate surface area is 106 Å². The van der Waals surface area contributed by atoms with Gasteiger partial charge >= 0.3 is 0 Å². The summed E-state index contributed by atoms with van der Waals surface area (Å²) in [6.07, 6.45) is 0.807. The minimum Gasteiger partial charge on any atom is -0.341 e. The molecular weight excluding hydrogens is 236 g/mol. The quantitative estimate of drug-likeness (QED) is 0.808. The van der Waals surface area contributed by atoms with E-state index in [-0.39, 0.29) is 17.2 Å². The molecule has 0 aromatic rings. The van der Waals surface area contributed by atoms with Crippen molar-refractivity contribution >= 4 is 16.7 Å². The van der Waals surface area contributed by atoms with Crippen LogP contribution in [0.5, 0.6) is 0 Å². The number of amides is 1. The third kappa shape index (κ3) is 4.76. The highest BCUT2D eigenvalue weighted by Crippen LogP contribution is 2.25. The van der Waals surface area contributed by atoms with Gasteiger partial charge in [0.2, 0.25) is 5.91 Å². The number of hydrogen-bond acceptors (Lipinski definition) is 3. The number of nitrogens with zero attached hydrogens (tertiary/aromatic N) is 1. The highest BCUT2D eigenvalue weighted by molar-refractivity contribution is 7.85. The smallest absolute Gasteiger partial charge is 0.227 e. The highest BCUT2D eigenvalue weighted by Gasteiger charge is 2.29. The predicted octanol–water partition coefficient (Wildman–Crippen LogP) is 0.588. The van der Waals surface area contributed by atoms with Crippen molar-refractivity contribution in [3.63, 3.8) is 0 Å². The standard InChI is InChI=1S/C12H24N2O2S/c1-12(2,3)8-10(9-13)11(15)14-4-6-17(16)7-5-14/h10H,4-9,13H2,1-3H3. The lowest BCUT2D eigenvalue weighted by Gasteiger charge is -2.32. The monoisotopic (exact) mass is 260 g/mol. The molecule has 0 radical (unpaired) electrons. The molecule has 0 spiro atoms. The second-order valence-electron chi connectivity index (χ2n) is 5.87. The fourth-order valence-corrected chi connectivity index (χ4v) is 3.18. The molecule has 0 aromatic heterocycles. The topological polar surface area (TPSA) is 63.4 Å². The molecule has 0 aliphatic carbocycles.